The van der Waals surface area contributed by atoms with Gasteiger partial charge in [-0.05, 0) is 25.1 Å². The van der Waals surface area contributed by atoms with E-state index >= 15 is 0 Å². The summed E-state index contributed by atoms with van der Waals surface area (Å²) in [4.78, 5) is 24.8. The van der Waals surface area contributed by atoms with Crippen LogP contribution in [0.5, 0.6) is 0 Å². The van der Waals surface area contributed by atoms with Crippen molar-refractivity contribution in [2.24, 2.45) is 0 Å². The van der Waals surface area contributed by atoms with Gasteiger partial charge in [-0.15, -0.1) is 0 Å². The van der Waals surface area contributed by atoms with E-state index in [4.69, 9.17) is 21.4 Å². The minimum absolute atomic E-state index is 0.256. The molecule has 3 rings (SSSR count). The summed E-state index contributed by atoms with van der Waals surface area (Å²) in [5.74, 6) is -0.934. The van der Waals surface area contributed by atoms with Crippen molar-refractivity contribution in [1.82, 2.24) is 5.32 Å². The molecule has 2 aliphatic heterocycles. The van der Waals surface area contributed by atoms with Crippen LogP contribution in [0.15, 0.2) is 24.3 Å². The zero-order valence-corrected chi connectivity index (χ0v) is 12.1. The van der Waals surface area contributed by atoms with Crippen LogP contribution >= 0.6 is 11.6 Å². The van der Waals surface area contributed by atoms with Gasteiger partial charge in [-0.2, -0.15) is 0 Å². The van der Waals surface area contributed by atoms with Gasteiger partial charge in [0, 0.05) is 23.7 Å². The maximum absolute atomic E-state index is 12.2. The highest BCUT2D eigenvalue weighted by Crippen LogP contribution is 2.39. The number of ether oxygens (including phenoxy) is 1. The van der Waals surface area contributed by atoms with Gasteiger partial charge in [-0.1, -0.05) is 17.7 Å². The lowest BCUT2D eigenvalue weighted by molar-refractivity contribution is -0.139. The van der Waals surface area contributed by atoms with Crippen molar-refractivity contribution in [3.05, 3.63) is 29.3 Å². The van der Waals surface area contributed by atoms with E-state index in [-0.39, 0.29) is 12.5 Å². The minimum Gasteiger partial charge on any atom is -0.480 e. The molecule has 0 aliphatic carbocycles. The minimum atomic E-state index is -0.934. The van der Waals surface area contributed by atoms with Crippen molar-refractivity contribution in [1.29, 1.82) is 0 Å². The summed E-state index contributed by atoms with van der Waals surface area (Å²) in [7, 11) is 0. The van der Waals surface area contributed by atoms with Crippen LogP contribution in [-0.4, -0.2) is 41.4 Å². The van der Waals surface area contributed by atoms with Crippen molar-refractivity contribution < 1.29 is 19.4 Å². The fourth-order valence-electron chi connectivity index (χ4n) is 3.01. The number of hydrogen-bond donors (Lipinski definition) is 2. The standard InChI is InChI=1S/C14H15ClN2O4/c1-8-14(6-11(12(18)19)16-7-14)21-13(20)17(8)10-4-2-3-9(15)5-10/h2-5,8,11,16H,6-7H2,1H3,(H,18,19)/t8?,11-,14-/m0/s1. The summed E-state index contributed by atoms with van der Waals surface area (Å²) < 4.78 is 5.53. The molecular formula is C14H15ClN2O4. The average molecular weight is 311 g/mol. The summed E-state index contributed by atoms with van der Waals surface area (Å²) in [6, 6.07) is 5.98. The Morgan fingerprint density at radius 1 is 1.57 bits per heavy atom. The Morgan fingerprint density at radius 2 is 2.33 bits per heavy atom. The number of aliphatic carboxylic acids is 1. The van der Waals surface area contributed by atoms with Gasteiger partial charge < -0.3 is 15.2 Å². The molecule has 6 nitrogen and oxygen atoms in total. The Hall–Kier alpha value is -1.79. The van der Waals surface area contributed by atoms with Gasteiger partial charge in [0.05, 0.1) is 6.04 Å². The van der Waals surface area contributed by atoms with Crippen LogP contribution in [0.1, 0.15) is 13.3 Å². The van der Waals surface area contributed by atoms with E-state index in [9.17, 15) is 9.59 Å². The van der Waals surface area contributed by atoms with Crippen molar-refractivity contribution in [3.8, 4) is 0 Å². The molecule has 1 unspecified atom stereocenters. The molecule has 0 saturated carbocycles. The number of hydrogen-bond acceptors (Lipinski definition) is 4. The first kappa shape index (κ1) is 14.2. The topological polar surface area (TPSA) is 78.9 Å². The first-order valence-corrected chi connectivity index (χ1v) is 7.05. The molecule has 7 heteroatoms. The van der Waals surface area contributed by atoms with Gasteiger partial charge in [0.2, 0.25) is 0 Å². The number of carboxylic acids is 1. The number of nitrogens with one attached hydrogen (secondary N) is 1. The van der Waals surface area contributed by atoms with Gasteiger partial charge in [0.1, 0.15) is 11.6 Å². The number of carbonyl (C=O) groups is 2. The van der Waals surface area contributed by atoms with Gasteiger partial charge in [0.15, 0.2) is 0 Å². The summed E-state index contributed by atoms with van der Waals surface area (Å²) in [6.07, 6.45) is -0.218. The van der Waals surface area contributed by atoms with Crippen molar-refractivity contribution in [2.75, 3.05) is 11.4 Å². The maximum atomic E-state index is 12.2. The second kappa shape index (κ2) is 4.89. The van der Waals surface area contributed by atoms with E-state index in [1.54, 1.807) is 24.3 Å². The van der Waals surface area contributed by atoms with Gasteiger partial charge in [-0.3, -0.25) is 9.69 Å². The molecular weight excluding hydrogens is 296 g/mol. The van der Waals surface area contributed by atoms with Gasteiger partial charge in [0.25, 0.3) is 0 Å². The second-order valence-electron chi connectivity index (χ2n) is 5.43. The van der Waals surface area contributed by atoms with Crippen LogP contribution in [0.4, 0.5) is 10.5 Å². The molecule has 2 N–H and O–H groups in total. The lowest BCUT2D eigenvalue weighted by atomic mass is 9.92. The third-order valence-electron chi connectivity index (χ3n) is 4.22. The van der Waals surface area contributed by atoms with Crippen molar-refractivity contribution in [3.63, 3.8) is 0 Å². The molecule has 2 fully saturated rings. The fraction of sp³-hybridized carbons (Fsp3) is 0.429. The number of anilines is 1. The maximum Gasteiger partial charge on any atom is 0.415 e. The summed E-state index contributed by atoms with van der Waals surface area (Å²) >= 11 is 5.97. The van der Waals surface area contributed by atoms with Crippen LogP contribution in [0, 0.1) is 0 Å². The highest BCUT2D eigenvalue weighted by molar-refractivity contribution is 6.30. The molecule has 112 valence electrons. The van der Waals surface area contributed by atoms with E-state index in [1.165, 1.54) is 4.90 Å². The van der Waals surface area contributed by atoms with Crippen molar-refractivity contribution >= 4 is 29.4 Å². The molecule has 2 saturated heterocycles. The largest absolute Gasteiger partial charge is 0.480 e. The second-order valence-corrected chi connectivity index (χ2v) is 5.87. The van der Waals surface area contributed by atoms with Gasteiger partial charge in [-0.25, -0.2) is 4.79 Å². The number of carboxylic acid groups (broad SMARTS) is 1. The Morgan fingerprint density at radius 3 is 2.95 bits per heavy atom. The molecule has 21 heavy (non-hydrogen) atoms. The SMILES string of the molecule is CC1N(c2cccc(Cl)c2)C(=O)O[C@@]12CN[C@H](C(=O)O)C2. The van der Waals surface area contributed by atoms with Crippen LogP contribution in [0.2, 0.25) is 5.02 Å². The zero-order chi connectivity index (χ0) is 15.2. The lowest BCUT2D eigenvalue weighted by Crippen LogP contribution is -2.45. The fourth-order valence-corrected chi connectivity index (χ4v) is 3.20. The molecule has 0 aromatic heterocycles. The molecule has 1 spiro atoms. The third kappa shape index (κ3) is 2.24. The Labute approximate surface area is 126 Å². The number of halogens is 1. The van der Waals surface area contributed by atoms with Gasteiger partial charge >= 0.3 is 12.1 Å². The molecule has 3 atom stereocenters. The summed E-state index contributed by atoms with van der Waals surface area (Å²) in [5.41, 5.74) is -0.168. The predicted octanol–water partition coefficient (Wildman–Crippen LogP) is 1.87. The van der Waals surface area contributed by atoms with Crippen LogP contribution in [0.25, 0.3) is 0 Å². The highest BCUT2D eigenvalue weighted by Gasteiger charge is 2.57. The quantitative estimate of drug-likeness (QED) is 0.872. The first-order valence-electron chi connectivity index (χ1n) is 6.67. The van der Waals surface area contributed by atoms with E-state index in [0.29, 0.717) is 17.3 Å². The van der Waals surface area contributed by atoms with Crippen molar-refractivity contribution in [2.45, 2.75) is 31.0 Å². The number of amides is 1. The molecule has 2 heterocycles. The highest BCUT2D eigenvalue weighted by atomic mass is 35.5. The third-order valence-corrected chi connectivity index (χ3v) is 4.45. The summed E-state index contributed by atoms with van der Waals surface area (Å²) in [5, 5.41) is 12.5. The molecule has 1 aromatic rings. The molecule has 2 aliphatic rings. The Balaban J connectivity index is 1.89. The zero-order valence-electron chi connectivity index (χ0n) is 11.4. The average Bonchev–Trinajstić information content (AvgIpc) is 2.94. The Bertz CT molecular complexity index is 608. The van der Waals surface area contributed by atoms with Crippen LogP contribution in [-0.2, 0) is 9.53 Å². The lowest BCUT2D eigenvalue weighted by Gasteiger charge is -2.27. The molecule has 0 radical (unpaired) electrons. The predicted molar refractivity (Wildman–Crippen MR) is 76.6 cm³/mol. The summed E-state index contributed by atoms with van der Waals surface area (Å²) in [6.45, 7) is 2.19. The normalized spacial score (nSPS) is 31.7. The Kier molecular flexibility index (Phi) is 3.30. The number of benzene rings is 1. The molecule has 1 aromatic carbocycles. The van der Waals surface area contributed by atoms with Crippen LogP contribution in [0.3, 0.4) is 0 Å². The van der Waals surface area contributed by atoms with E-state index in [1.807, 2.05) is 6.92 Å². The van der Waals surface area contributed by atoms with E-state index in [2.05, 4.69) is 5.32 Å². The van der Waals surface area contributed by atoms with E-state index in [0.717, 1.165) is 0 Å². The number of carbonyl (C=O) groups excluding carboxylic acids is 1. The molecule has 0 bridgehead atoms. The van der Waals surface area contributed by atoms with Crippen LogP contribution < -0.4 is 10.2 Å². The number of rotatable bonds is 2. The van der Waals surface area contributed by atoms with E-state index < -0.39 is 23.7 Å². The monoisotopic (exact) mass is 310 g/mol. The molecule has 1 amide bonds. The first-order chi connectivity index (χ1) is 9.93. The smallest absolute Gasteiger partial charge is 0.415 e. The number of nitrogens with zero attached hydrogens (tertiary/aromatic N) is 1.